The van der Waals surface area contributed by atoms with Crippen molar-refractivity contribution in [1.29, 1.82) is 0 Å². The fourth-order valence-corrected chi connectivity index (χ4v) is 1.21. The standard InChI is InChI=1S/C10H15IN2/c1-7(10(2,3)4)9-12-5-8(11)6-13-9/h5-7H,1-4H3. The van der Waals surface area contributed by atoms with Gasteiger partial charge in [0.15, 0.2) is 0 Å². The first-order valence-corrected chi connectivity index (χ1v) is 5.46. The van der Waals surface area contributed by atoms with Crippen molar-refractivity contribution in [3.8, 4) is 0 Å². The lowest BCUT2D eigenvalue weighted by atomic mass is 9.81. The normalized spacial score (nSPS) is 14.2. The van der Waals surface area contributed by atoms with Gasteiger partial charge in [-0.1, -0.05) is 27.7 Å². The predicted molar refractivity (Wildman–Crippen MR) is 62.6 cm³/mol. The fraction of sp³-hybridized carbons (Fsp3) is 0.600. The van der Waals surface area contributed by atoms with Gasteiger partial charge in [-0.3, -0.25) is 0 Å². The molecule has 0 radical (unpaired) electrons. The van der Waals surface area contributed by atoms with Gasteiger partial charge in [-0.25, -0.2) is 9.97 Å². The SMILES string of the molecule is CC(c1ncc(I)cn1)C(C)(C)C. The van der Waals surface area contributed by atoms with Crippen molar-refractivity contribution in [3.05, 3.63) is 21.8 Å². The van der Waals surface area contributed by atoms with Crippen LogP contribution < -0.4 is 0 Å². The van der Waals surface area contributed by atoms with Crippen LogP contribution >= 0.6 is 22.6 Å². The first kappa shape index (κ1) is 10.9. The first-order valence-electron chi connectivity index (χ1n) is 4.38. The molecule has 1 unspecified atom stereocenters. The summed E-state index contributed by atoms with van der Waals surface area (Å²) in [5.41, 5.74) is 0.229. The maximum atomic E-state index is 4.33. The van der Waals surface area contributed by atoms with Gasteiger partial charge in [0.2, 0.25) is 0 Å². The largest absolute Gasteiger partial charge is 0.240 e. The van der Waals surface area contributed by atoms with Crippen molar-refractivity contribution < 1.29 is 0 Å². The van der Waals surface area contributed by atoms with Crippen LogP contribution in [0.3, 0.4) is 0 Å². The van der Waals surface area contributed by atoms with E-state index in [0.717, 1.165) is 9.39 Å². The maximum absolute atomic E-state index is 4.33. The van der Waals surface area contributed by atoms with Crippen molar-refractivity contribution in [2.75, 3.05) is 0 Å². The highest BCUT2D eigenvalue weighted by atomic mass is 127. The third kappa shape index (κ3) is 2.90. The lowest BCUT2D eigenvalue weighted by molar-refractivity contribution is 0.328. The summed E-state index contributed by atoms with van der Waals surface area (Å²) in [7, 11) is 0. The molecule has 0 aliphatic carbocycles. The summed E-state index contributed by atoms with van der Waals surface area (Å²) >= 11 is 2.22. The summed E-state index contributed by atoms with van der Waals surface area (Å²) in [6, 6.07) is 0. The molecule has 0 aromatic carbocycles. The van der Waals surface area contributed by atoms with E-state index in [4.69, 9.17) is 0 Å². The highest BCUT2D eigenvalue weighted by Crippen LogP contribution is 2.32. The molecule has 3 heteroatoms. The van der Waals surface area contributed by atoms with Crippen LogP contribution in [0, 0.1) is 8.99 Å². The van der Waals surface area contributed by atoms with Crippen LogP contribution in [0.4, 0.5) is 0 Å². The molecular formula is C10H15IN2. The van der Waals surface area contributed by atoms with E-state index in [-0.39, 0.29) is 5.41 Å². The molecule has 0 aliphatic rings. The van der Waals surface area contributed by atoms with Crippen LogP contribution in [0.5, 0.6) is 0 Å². The second kappa shape index (κ2) is 3.90. The quantitative estimate of drug-likeness (QED) is 0.742. The monoisotopic (exact) mass is 290 g/mol. The Bertz CT molecular complexity index is 274. The molecule has 0 spiro atoms. The number of rotatable bonds is 1. The van der Waals surface area contributed by atoms with Gasteiger partial charge in [-0.05, 0) is 28.0 Å². The average molecular weight is 290 g/mol. The Kier molecular flexibility index (Phi) is 3.27. The zero-order valence-electron chi connectivity index (χ0n) is 8.50. The van der Waals surface area contributed by atoms with Crippen molar-refractivity contribution >= 4 is 22.6 Å². The minimum Gasteiger partial charge on any atom is -0.240 e. The third-order valence-electron chi connectivity index (χ3n) is 2.33. The summed E-state index contributed by atoms with van der Waals surface area (Å²) in [4.78, 5) is 8.65. The van der Waals surface area contributed by atoms with Crippen LogP contribution in [-0.4, -0.2) is 9.97 Å². The number of nitrogens with zero attached hydrogens (tertiary/aromatic N) is 2. The molecule has 13 heavy (non-hydrogen) atoms. The van der Waals surface area contributed by atoms with E-state index in [1.165, 1.54) is 0 Å². The van der Waals surface area contributed by atoms with E-state index in [1.54, 1.807) is 0 Å². The van der Waals surface area contributed by atoms with Crippen molar-refractivity contribution in [2.45, 2.75) is 33.6 Å². The van der Waals surface area contributed by atoms with Gasteiger partial charge >= 0.3 is 0 Å². The summed E-state index contributed by atoms with van der Waals surface area (Å²) in [5.74, 6) is 1.33. The van der Waals surface area contributed by atoms with Gasteiger partial charge in [0.05, 0.1) is 0 Å². The molecule has 0 bridgehead atoms. The van der Waals surface area contributed by atoms with E-state index >= 15 is 0 Å². The van der Waals surface area contributed by atoms with Crippen molar-refractivity contribution in [2.24, 2.45) is 5.41 Å². The molecule has 0 aliphatic heterocycles. The van der Waals surface area contributed by atoms with Crippen LogP contribution in [-0.2, 0) is 0 Å². The molecule has 1 rings (SSSR count). The predicted octanol–water partition coefficient (Wildman–Crippen LogP) is 3.23. The van der Waals surface area contributed by atoms with E-state index in [9.17, 15) is 0 Å². The van der Waals surface area contributed by atoms with Gasteiger partial charge in [-0.15, -0.1) is 0 Å². The zero-order valence-corrected chi connectivity index (χ0v) is 10.7. The molecular weight excluding hydrogens is 275 g/mol. The maximum Gasteiger partial charge on any atom is 0.131 e. The molecule has 1 atom stereocenters. The first-order chi connectivity index (χ1) is 5.91. The second-order valence-corrected chi connectivity index (χ2v) is 5.59. The minimum absolute atomic E-state index is 0.229. The number of halogens is 1. The summed E-state index contributed by atoms with van der Waals surface area (Å²) in [6.45, 7) is 8.79. The summed E-state index contributed by atoms with van der Waals surface area (Å²) < 4.78 is 1.09. The molecule has 0 amide bonds. The molecule has 0 N–H and O–H groups in total. The minimum atomic E-state index is 0.229. The summed E-state index contributed by atoms with van der Waals surface area (Å²) in [5, 5.41) is 0. The topological polar surface area (TPSA) is 25.8 Å². The summed E-state index contributed by atoms with van der Waals surface area (Å²) in [6.07, 6.45) is 3.73. The Labute approximate surface area is 93.3 Å². The number of aromatic nitrogens is 2. The lowest BCUT2D eigenvalue weighted by Crippen LogP contribution is -2.17. The average Bonchev–Trinajstić information content (AvgIpc) is 2.03. The van der Waals surface area contributed by atoms with Crippen LogP contribution in [0.1, 0.15) is 39.4 Å². The Morgan fingerprint density at radius 2 is 1.69 bits per heavy atom. The van der Waals surface area contributed by atoms with Crippen LogP contribution in [0.15, 0.2) is 12.4 Å². The smallest absolute Gasteiger partial charge is 0.131 e. The van der Waals surface area contributed by atoms with Gasteiger partial charge in [0.1, 0.15) is 5.82 Å². The van der Waals surface area contributed by atoms with Gasteiger partial charge in [0, 0.05) is 21.9 Å². The number of hydrogen-bond donors (Lipinski definition) is 0. The van der Waals surface area contributed by atoms with E-state index in [2.05, 4.69) is 60.3 Å². The molecule has 1 aromatic rings. The van der Waals surface area contributed by atoms with Crippen molar-refractivity contribution in [1.82, 2.24) is 9.97 Å². The highest BCUT2D eigenvalue weighted by Gasteiger charge is 2.23. The lowest BCUT2D eigenvalue weighted by Gasteiger charge is -2.25. The third-order valence-corrected chi connectivity index (χ3v) is 2.88. The van der Waals surface area contributed by atoms with Crippen molar-refractivity contribution in [3.63, 3.8) is 0 Å². The molecule has 1 aromatic heterocycles. The molecule has 0 fully saturated rings. The molecule has 0 saturated heterocycles. The fourth-order valence-electron chi connectivity index (χ4n) is 0.933. The number of hydrogen-bond acceptors (Lipinski definition) is 2. The molecule has 1 heterocycles. The molecule has 2 nitrogen and oxygen atoms in total. The molecule has 0 saturated carbocycles. The Hall–Kier alpha value is -0.190. The zero-order chi connectivity index (χ0) is 10.1. The highest BCUT2D eigenvalue weighted by molar-refractivity contribution is 14.1. The van der Waals surface area contributed by atoms with Crippen LogP contribution in [0.25, 0.3) is 0 Å². The molecule has 72 valence electrons. The van der Waals surface area contributed by atoms with E-state index in [0.29, 0.717) is 5.92 Å². The second-order valence-electron chi connectivity index (χ2n) is 4.35. The Morgan fingerprint density at radius 1 is 1.23 bits per heavy atom. The Balaban J connectivity index is 2.90. The van der Waals surface area contributed by atoms with E-state index < -0.39 is 0 Å². The van der Waals surface area contributed by atoms with Gasteiger partial charge < -0.3 is 0 Å². The van der Waals surface area contributed by atoms with Gasteiger partial charge in [0.25, 0.3) is 0 Å². The van der Waals surface area contributed by atoms with E-state index in [1.807, 2.05) is 12.4 Å². The van der Waals surface area contributed by atoms with Gasteiger partial charge in [-0.2, -0.15) is 0 Å². The Morgan fingerprint density at radius 3 is 2.08 bits per heavy atom. The van der Waals surface area contributed by atoms with Crippen LogP contribution in [0.2, 0.25) is 0 Å².